The molecular formula is C36H25F6N3O3S2. The van der Waals surface area contributed by atoms with Crippen molar-refractivity contribution in [2.24, 2.45) is 5.73 Å². The first-order chi connectivity index (χ1) is 23.8. The van der Waals surface area contributed by atoms with Crippen LogP contribution in [0.2, 0.25) is 0 Å². The normalized spacial score (nSPS) is 11.4. The number of benzene rings is 4. The first-order valence-electron chi connectivity index (χ1n) is 14.7. The van der Waals surface area contributed by atoms with Gasteiger partial charge in [0.05, 0.1) is 17.7 Å². The maximum atomic E-state index is 13.3. The third-order valence-corrected chi connectivity index (χ3v) is 8.83. The minimum Gasteiger partial charge on any atom is -0.461 e. The van der Waals surface area contributed by atoms with Crippen LogP contribution in [0.3, 0.4) is 0 Å². The fourth-order valence-electron chi connectivity index (χ4n) is 4.83. The molecule has 1 amide bonds. The lowest BCUT2D eigenvalue weighted by atomic mass is 9.98. The van der Waals surface area contributed by atoms with Crippen LogP contribution in [0.25, 0.3) is 43.4 Å². The number of rotatable bonds is 7. The monoisotopic (exact) mass is 725 g/mol. The van der Waals surface area contributed by atoms with E-state index in [2.05, 4.69) is 9.97 Å². The average molecular weight is 726 g/mol. The number of esters is 1. The molecule has 2 N–H and O–H groups in total. The quantitative estimate of drug-likeness (QED) is 0.131. The predicted molar refractivity (Wildman–Crippen MR) is 180 cm³/mol. The molecule has 6 aromatic rings. The number of aromatic nitrogens is 2. The molecule has 0 atom stereocenters. The van der Waals surface area contributed by atoms with Crippen LogP contribution in [0.15, 0.2) is 108 Å². The van der Waals surface area contributed by atoms with Gasteiger partial charge >= 0.3 is 18.3 Å². The number of hydrogen-bond acceptors (Lipinski definition) is 7. The van der Waals surface area contributed by atoms with Gasteiger partial charge in [-0.1, -0.05) is 72.8 Å². The summed E-state index contributed by atoms with van der Waals surface area (Å²) in [6, 6.07) is 24.1. The number of alkyl halides is 6. The van der Waals surface area contributed by atoms with Crippen LogP contribution in [0, 0.1) is 0 Å². The number of primary amides is 1. The highest BCUT2D eigenvalue weighted by molar-refractivity contribution is 7.13. The molecule has 0 bridgehead atoms. The molecule has 2 aromatic heterocycles. The van der Waals surface area contributed by atoms with Gasteiger partial charge in [0, 0.05) is 21.9 Å². The van der Waals surface area contributed by atoms with Crippen molar-refractivity contribution in [3.8, 4) is 43.4 Å². The number of ether oxygens (including phenoxy) is 1. The highest BCUT2D eigenvalue weighted by Gasteiger charge is 2.34. The van der Waals surface area contributed by atoms with Crippen LogP contribution >= 0.6 is 22.7 Å². The summed E-state index contributed by atoms with van der Waals surface area (Å²) in [6.45, 7) is 1.95. The minimum absolute atomic E-state index is 0.0959. The molecule has 14 heteroatoms. The lowest BCUT2D eigenvalue weighted by molar-refractivity contribution is -0.137. The molecule has 2 heterocycles. The molecule has 0 spiro atoms. The van der Waals surface area contributed by atoms with Crippen molar-refractivity contribution in [2.75, 3.05) is 6.61 Å². The van der Waals surface area contributed by atoms with Crippen LogP contribution in [-0.4, -0.2) is 28.5 Å². The van der Waals surface area contributed by atoms with E-state index in [0.717, 1.165) is 12.1 Å². The van der Waals surface area contributed by atoms with E-state index in [1.165, 1.54) is 52.3 Å². The second-order valence-electron chi connectivity index (χ2n) is 10.4. The van der Waals surface area contributed by atoms with E-state index in [9.17, 15) is 35.9 Å². The fraction of sp³-hybridized carbons (Fsp3) is 0.111. The molecule has 0 saturated carbocycles. The molecule has 0 aliphatic rings. The van der Waals surface area contributed by atoms with Gasteiger partial charge in [0.1, 0.15) is 15.7 Å². The Morgan fingerprint density at radius 1 is 0.640 bits per heavy atom. The Bertz CT molecular complexity index is 2140. The third kappa shape index (κ3) is 8.44. The van der Waals surface area contributed by atoms with Gasteiger partial charge in [0.15, 0.2) is 5.69 Å². The van der Waals surface area contributed by atoms with Gasteiger partial charge in [-0.2, -0.15) is 26.3 Å². The molecule has 50 heavy (non-hydrogen) atoms. The van der Waals surface area contributed by atoms with Crippen molar-refractivity contribution in [1.82, 2.24) is 9.97 Å². The summed E-state index contributed by atoms with van der Waals surface area (Å²) < 4.78 is 84.2. The van der Waals surface area contributed by atoms with Crippen molar-refractivity contribution >= 4 is 34.6 Å². The smallest absolute Gasteiger partial charge is 0.417 e. The zero-order valence-corrected chi connectivity index (χ0v) is 27.5. The summed E-state index contributed by atoms with van der Waals surface area (Å²) in [6.07, 6.45) is -8.88. The van der Waals surface area contributed by atoms with Crippen LogP contribution < -0.4 is 5.73 Å². The van der Waals surface area contributed by atoms with Gasteiger partial charge in [-0.25, -0.2) is 14.8 Å². The Morgan fingerprint density at radius 3 is 1.48 bits per heavy atom. The SMILES string of the molecule is CCOC(=O)c1csc(-c2cccc(-c3ccccc3C(F)(F)F)c2)n1.NC(=O)c1csc(-c2cccc(-c3ccccc3C(F)(F)F)c2)n1. The van der Waals surface area contributed by atoms with Gasteiger partial charge < -0.3 is 10.5 Å². The van der Waals surface area contributed by atoms with Crippen LogP contribution in [0.4, 0.5) is 26.3 Å². The highest BCUT2D eigenvalue weighted by Crippen LogP contribution is 2.39. The maximum absolute atomic E-state index is 13.3. The van der Waals surface area contributed by atoms with E-state index in [-0.39, 0.29) is 29.1 Å². The Balaban J connectivity index is 0.000000195. The van der Waals surface area contributed by atoms with E-state index in [4.69, 9.17) is 10.5 Å². The van der Waals surface area contributed by atoms with Crippen molar-refractivity contribution in [3.05, 3.63) is 130 Å². The molecular weight excluding hydrogens is 701 g/mol. The van der Waals surface area contributed by atoms with Gasteiger partial charge in [-0.05, 0) is 53.4 Å². The Kier molecular flexibility index (Phi) is 10.8. The number of carbonyl (C=O) groups excluding carboxylic acids is 2. The number of amides is 1. The molecule has 0 aliphatic heterocycles. The second kappa shape index (κ2) is 15.0. The van der Waals surface area contributed by atoms with Crippen molar-refractivity contribution in [2.45, 2.75) is 19.3 Å². The van der Waals surface area contributed by atoms with Gasteiger partial charge in [-0.3, -0.25) is 4.79 Å². The number of hydrogen-bond donors (Lipinski definition) is 1. The van der Waals surface area contributed by atoms with Crippen molar-refractivity contribution in [1.29, 1.82) is 0 Å². The molecule has 6 rings (SSSR count). The average Bonchev–Trinajstić information content (AvgIpc) is 3.80. The van der Waals surface area contributed by atoms with Crippen LogP contribution in [-0.2, 0) is 17.1 Å². The van der Waals surface area contributed by atoms with Crippen LogP contribution in [0.1, 0.15) is 39.0 Å². The topological polar surface area (TPSA) is 95.2 Å². The molecule has 0 saturated heterocycles. The minimum atomic E-state index is -4.44. The highest BCUT2D eigenvalue weighted by atomic mass is 32.1. The third-order valence-electron chi connectivity index (χ3n) is 7.05. The molecule has 6 nitrogen and oxygen atoms in total. The zero-order chi connectivity index (χ0) is 36.1. The van der Waals surface area contributed by atoms with Gasteiger partial charge in [0.25, 0.3) is 5.91 Å². The van der Waals surface area contributed by atoms with Crippen molar-refractivity contribution in [3.63, 3.8) is 0 Å². The summed E-state index contributed by atoms with van der Waals surface area (Å²) in [4.78, 5) is 31.2. The van der Waals surface area contributed by atoms with E-state index in [1.807, 2.05) is 0 Å². The summed E-state index contributed by atoms with van der Waals surface area (Å²) in [7, 11) is 0. The summed E-state index contributed by atoms with van der Waals surface area (Å²) >= 11 is 2.45. The summed E-state index contributed by atoms with van der Waals surface area (Å²) in [5.74, 6) is -1.16. The fourth-order valence-corrected chi connectivity index (χ4v) is 6.42. The van der Waals surface area contributed by atoms with E-state index >= 15 is 0 Å². The lowest BCUT2D eigenvalue weighted by Crippen LogP contribution is -2.10. The Hall–Kier alpha value is -5.34. The van der Waals surface area contributed by atoms with E-state index in [1.54, 1.807) is 73.0 Å². The summed E-state index contributed by atoms with van der Waals surface area (Å²) in [5, 5.41) is 4.16. The maximum Gasteiger partial charge on any atom is 0.417 e. The summed E-state index contributed by atoms with van der Waals surface area (Å²) in [5.41, 5.74) is 6.43. The molecule has 0 unspecified atom stereocenters. The number of nitrogens with zero attached hydrogens (tertiary/aromatic N) is 2. The Labute approximate surface area is 289 Å². The zero-order valence-electron chi connectivity index (χ0n) is 25.9. The van der Waals surface area contributed by atoms with E-state index < -0.39 is 35.4 Å². The van der Waals surface area contributed by atoms with E-state index in [0.29, 0.717) is 32.3 Å². The first-order valence-corrected chi connectivity index (χ1v) is 16.4. The lowest BCUT2D eigenvalue weighted by Gasteiger charge is -2.13. The molecule has 0 fully saturated rings. The molecule has 4 aromatic carbocycles. The van der Waals surface area contributed by atoms with Crippen LogP contribution in [0.5, 0.6) is 0 Å². The molecule has 0 radical (unpaired) electrons. The van der Waals surface area contributed by atoms with Crippen molar-refractivity contribution < 1.29 is 40.7 Å². The number of carbonyl (C=O) groups is 2. The van der Waals surface area contributed by atoms with Gasteiger partial charge in [-0.15, -0.1) is 22.7 Å². The second-order valence-corrected chi connectivity index (χ2v) is 12.1. The van der Waals surface area contributed by atoms with Gasteiger partial charge in [0.2, 0.25) is 0 Å². The Morgan fingerprint density at radius 2 is 1.06 bits per heavy atom. The standard InChI is InChI=1S/C19H14F3NO2S.C17H11F3N2OS/c1-2-25-18(24)16-11-26-17(23-16)13-7-5-6-12(10-13)14-8-3-4-9-15(14)19(20,21)22;18-17(19,20)13-7-2-1-6-12(13)10-4-3-5-11(8-10)16-22-14(9-24-16)15(21)23/h3-11H,2H2,1H3;1-9H,(H2,21,23). The largest absolute Gasteiger partial charge is 0.461 e. The molecule has 256 valence electrons. The first kappa shape index (κ1) is 36.0. The number of thiazole rings is 2. The molecule has 0 aliphatic carbocycles. The number of halogens is 6. The number of nitrogens with two attached hydrogens (primary N) is 1. The predicted octanol–water partition coefficient (Wildman–Crippen LogP) is 10.3.